The van der Waals surface area contributed by atoms with Crippen LogP contribution in [0, 0.1) is 5.82 Å². The van der Waals surface area contributed by atoms with Crippen LogP contribution in [0.5, 0.6) is 0 Å². The van der Waals surface area contributed by atoms with Crippen molar-refractivity contribution in [3.8, 4) is 0 Å². The standard InChI is InChI=1S/C16H24FN3/c1-2-18-12-13-3-6-16(15(17)11-13)20-9-7-19(8-10-20)14-4-5-14/h3,6,11,14,18H,2,4-5,7-10,12H2,1H3. The Balaban J connectivity index is 1.61. The number of nitrogens with one attached hydrogen (secondary N) is 1. The minimum absolute atomic E-state index is 0.0831. The molecule has 0 atom stereocenters. The van der Waals surface area contributed by atoms with Crippen molar-refractivity contribution in [2.24, 2.45) is 0 Å². The summed E-state index contributed by atoms with van der Waals surface area (Å²) in [7, 11) is 0. The largest absolute Gasteiger partial charge is 0.367 e. The molecule has 1 N–H and O–H groups in total. The van der Waals surface area contributed by atoms with E-state index in [9.17, 15) is 4.39 Å². The maximum absolute atomic E-state index is 14.2. The second-order valence-corrected chi connectivity index (χ2v) is 5.82. The second-order valence-electron chi connectivity index (χ2n) is 5.82. The second kappa shape index (κ2) is 6.10. The Morgan fingerprint density at radius 2 is 1.95 bits per heavy atom. The molecule has 1 aliphatic carbocycles. The van der Waals surface area contributed by atoms with Crippen LogP contribution in [0.1, 0.15) is 25.3 Å². The van der Waals surface area contributed by atoms with E-state index in [1.807, 2.05) is 12.1 Å². The predicted octanol–water partition coefficient (Wildman–Crippen LogP) is 2.22. The van der Waals surface area contributed by atoms with Gasteiger partial charge in [0, 0.05) is 38.8 Å². The van der Waals surface area contributed by atoms with Crippen LogP contribution in [0.4, 0.5) is 10.1 Å². The number of nitrogens with zero attached hydrogens (tertiary/aromatic N) is 2. The molecule has 2 aliphatic rings. The number of anilines is 1. The summed E-state index contributed by atoms with van der Waals surface area (Å²) in [5.41, 5.74) is 1.78. The highest BCUT2D eigenvalue weighted by Gasteiger charge is 2.31. The highest BCUT2D eigenvalue weighted by molar-refractivity contribution is 5.49. The average Bonchev–Trinajstić information content (AvgIpc) is 3.30. The van der Waals surface area contributed by atoms with Gasteiger partial charge in [0.25, 0.3) is 0 Å². The molecule has 0 amide bonds. The third-order valence-electron chi connectivity index (χ3n) is 4.31. The van der Waals surface area contributed by atoms with Gasteiger partial charge in [-0.05, 0) is 37.1 Å². The molecule has 1 saturated carbocycles. The quantitative estimate of drug-likeness (QED) is 0.890. The van der Waals surface area contributed by atoms with E-state index in [0.717, 1.165) is 56.6 Å². The molecule has 110 valence electrons. The minimum Gasteiger partial charge on any atom is -0.367 e. The first-order chi connectivity index (χ1) is 9.78. The van der Waals surface area contributed by atoms with Crippen LogP contribution in [0.3, 0.4) is 0 Å². The third-order valence-corrected chi connectivity index (χ3v) is 4.31. The van der Waals surface area contributed by atoms with Crippen molar-refractivity contribution in [3.63, 3.8) is 0 Å². The molecule has 0 unspecified atom stereocenters. The van der Waals surface area contributed by atoms with E-state index >= 15 is 0 Å². The lowest BCUT2D eigenvalue weighted by Crippen LogP contribution is -2.47. The van der Waals surface area contributed by atoms with Crippen molar-refractivity contribution < 1.29 is 4.39 Å². The van der Waals surface area contributed by atoms with Crippen molar-refractivity contribution in [2.45, 2.75) is 32.4 Å². The molecule has 0 bridgehead atoms. The highest BCUT2D eigenvalue weighted by Crippen LogP contribution is 2.29. The van der Waals surface area contributed by atoms with Gasteiger partial charge in [0.05, 0.1) is 5.69 Å². The predicted molar refractivity (Wildman–Crippen MR) is 80.6 cm³/mol. The highest BCUT2D eigenvalue weighted by atomic mass is 19.1. The van der Waals surface area contributed by atoms with Gasteiger partial charge < -0.3 is 10.2 Å². The normalized spacial score (nSPS) is 20.4. The topological polar surface area (TPSA) is 18.5 Å². The van der Waals surface area contributed by atoms with Gasteiger partial charge in [-0.1, -0.05) is 13.0 Å². The smallest absolute Gasteiger partial charge is 0.146 e. The maximum Gasteiger partial charge on any atom is 0.146 e. The minimum atomic E-state index is -0.0831. The molecule has 1 aliphatic heterocycles. The number of rotatable bonds is 5. The van der Waals surface area contributed by atoms with Crippen LogP contribution in [-0.2, 0) is 6.54 Å². The fraction of sp³-hybridized carbons (Fsp3) is 0.625. The van der Waals surface area contributed by atoms with Crippen molar-refractivity contribution in [1.29, 1.82) is 0 Å². The molecular formula is C16H24FN3. The number of piperazine rings is 1. The number of benzene rings is 1. The van der Waals surface area contributed by atoms with Crippen molar-refractivity contribution >= 4 is 5.69 Å². The molecule has 20 heavy (non-hydrogen) atoms. The summed E-state index contributed by atoms with van der Waals surface area (Å²) in [6, 6.07) is 6.47. The van der Waals surface area contributed by atoms with E-state index in [2.05, 4.69) is 22.0 Å². The Bertz CT molecular complexity index is 451. The lowest BCUT2D eigenvalue weighted by Gasteiger charge is -2.36. The van der Waals surface area contributed by atoms with Gasteiger partial charge in [-0.15, -0.1) is 0 Å². The number of halogens is 1. The van der Waals surface area contributed by atoms with Gasteiger partial charge in [-0.3, -0.25) is 4.90 Å². The molecule has 0 aromatic heterocycles. The third kappa shape index (κ3) is 3.13. The molecule has 0 radical (unpaired) electrons. The van der Waals surface area contributed by atoms with Gasteiger partial charge in [0.1, 0.15) is 5.82 Å². The summed E-state index contributed by atoms with van der Waals surface area (Å²) in [6.45, 7) is 7.74. The molecule has 3 rings (SSSR count). The van der Waals surface area contributed by atoms with Crippen LogP contribution in [0.15, 0.2) is 18.2 Å². The van der Waals surface area contributed by atoms with E-state index < -0.39 is 0 Å². The summed E-state index contributed by atoms with van der Waals surface area (Å²) in [5, 5.41) is 3.23. The van der Waals surface area contributed by atoms with Crippen LogP contribution >= 0.6 is 0 Å². The number of hydrogen-bond acceptors (Lipinski definition) is 3. The van der Waals surface area contributed by atoms with Gasteiger partial charge in [0.2, 0.25) is 0 Å². The van der Waals surface area contributed by atoms with Crippen LogP contribution in [-0.4, -0.2) is 43.7 Å². The Labute approximate surface area is 120 Å². The molecule has 4 heteroatoms. The van der Waals surface area contributed by atoms with Crippen molar-refractivity contribution in [2.75, 3.05) is 37.6 Å². The first-order valence-electron chi connectivity index (χ1n) is 7.76. The molecule has 3 nitrogen and oxygen atoms in total. The molecular weight excluding hydrogens is 253 g/mol. The van der Waals surface area contributed by atoms with Crippen LogP contribution < -0.4 is 10.2 Å². The lowest BCUT2D eigenvalue weighted by atomic mass is 10.1. The number of hydrogen-bond donors (Lipinski definition) is 1. The van der Waals surface area contributed by atoms with E-state index in [1.54, 1.807) is 6.07 Å². The summed E-state index contributed by atoms with van der Waals surface area (Å²) in [6.07, 6.45) is 2.71. The first kappa shape index (κ1) is 13.8. The van der Waals surface area contributed by atoms with E-state index in [-0.39, 0.29) is 5.82 Å². The molecule has 1 aromatic rings. The van der Waals surface area contributed by atoms with E-state index in [4.69, 9.17) is 0 Å². The van der Waals surface area contributed by atoms with E-state index in [1.165, 1.54) is 12.8 Å². The molecule has 2 fully saturated rings. The van der Waals surface area contributed by atoms with Crippen LogP contribution in [0.25, 0.3) is 0 Å². The molecule has 1 heterocycles. The fourth-order valence-electron chi connectivity index (χ4n) is 2.95. The Morgan fingerprint density at radius 3 is 2.55 bits per heavy atom. The zero-order valence-electron chi connectivity index (χ0n) is 12.2. The lowest BCUT2D eigenvalue weighted by molar-refractivity contribution is 0.247. The average molecular weight is 277 g/mol. The Morgan fingerprint density at radius 1 is 1.20 bits per heavy atom. The summed E-state index contributed by atoms with van der Waals surface area (Å²) >= 11 is 0. The monoisotopic (exact) mass is 277 g/mol. The summed E-state index contributed by atoms with van der Waals surface area (Å²) < 4.78 is 14.2. The van der Waals surface area contributed by atoms with Gasteiger partial charge >= 0.3 is 0 Å². The Kier molecular flexibility index (Phi) is 4.22. The summed E-state index contributed by atoms with van der Waals surface area (Å²) in [5.74, 6) is -0.0831. The van der Waals surface area contributed by atoms with Gasteiger partial charge in [0.15, 0.2) is 0 Å². The van der Waals surface area contributed by atoms with Crippen molar-refractivity contribution in [1.82, 2.24) is 10.2 Å². The Hall–Kier alpha value is -1.13. The van der Waals surface area contributed by atoms with Crippen molar-refractivity contribution in [3.05, 3.63) is 29.6 Å². The van der Waals surface area contributed by atoms with Crippen LogP contribution in [0.2, 0.25) is 0 Å². The SMILES string of the molecule is CCNCc1ccc(N2CCN(C3CC3)CC2)c(F)c1. The molecule has 0 spiro atoms. The molecule has 1 saturated heterocycles. The fourth-order valence-corrected chi connectivity index (χ4v) is 2.95. The zero-order valence-corrected chi connectivity index (χ0v) is 12.2. The first-order valence-corrected chi connectivity index (χ1v) is 7.76. The van der Waals surface area contributed by atoms with E-state index in [0.29, 0.717) is 0 Å². The van der Waals surface area contributed by atoms with Gasteiger partial charge in [-0.2, -0.15) is 0 Å². The van der Waals surface area contributed by atoms with Gasteiger partial charge in [-0.25, -0.2) is 4.39 Å². The molecule has 1 aromatic carbocycles. The maximum atomic E-state index is 14.2. The summed E-state index contributed by atoms with van der Waals surface area (Å²) in [4.78, 5) is 4.74. The zero-order chi connectivity index (χ0) is 13.9.